The number of thiazole rings is 1. The van der Waals surface area contributed by atoms with E-state index in [0.29, 0.717) is 15.6 Å². The molecule has 0 unspecified atom stereocenters. The van der Waals surface area contributed by atoms with Crippen molar-refractivity contribution in [2.45, 2.75) is 9.59 Å². The lowest BCUT2D eigenvalue weighted by Crippen LogP contribution is -1.96. The van der Waals surface area contributed by atoms with Crippen LogP contribution in [-0.4, -0.2) is 11.2 Å². The third-order valence-corrected chi connectivity index (χ3v) is 8.52. The number of hydrogen-bond donors (Lipinski definition) is 0. The molecule has 1 aromatic heterocycles. The largest absolute Gasteiger partial charge is 0.256 e. The molecule has 0 aliphatic rings. The normalized spacial score (nSPS) is 12.4. The molecule has 0 aliphatic heterocycles. The average Bonchev–Trinajstić information content (AvgIpc) is 3.25. The zero-order chi connectivity index (χ0) is 23.5. The Labute approximate surface area is 221 Å². The number of hydrogen-bond acceptors (Lipinski definition) is 4. The molecule has 0 N–H and O–H groups in total. The van der Waals surface area contributed by atoms with Gasteiger partial charge in [0.25, 0.3) is 0 Å². The van der Waals surface area contributed by atoms with Crippen LogP contribution in [0.25, 0.3) is 10.2 Å². The van der Waals surface area contributed by atoms with Crippen molar-refractivity contribution in [1.82, 2.24) is 4.98 Å². The van der Waals surface area contributed by atoms with Gasteiger partial charge < -0.3 is 0 Å². The molecule has 1 atom stereocenters. The van der Waals surface area contributed by atoms with Gasteiger partial charge in [-0.1, -0.05) is 95.1 Å². The molecule has 7 heteroatoms. The summed E-state index contributed by atoms with van der Waals surface area (Å²) in [5, 5.41) is 1.98. The Hall–Kier alpha value is -2.34. The Kier molecular flexibility index (Phi) is 7.23. The van der Waals surface area contributed by atoms with Gasteiger partial charge >= 0.3 is 0 Å². The molecule has 5 aromatic rings. The molecule has 0 aliphatic carbocycles. The van der Waals surface area contributed by atoms with Gasteiger partial charge in [0.2, 0.25) is 0 Å². The smallest absolute Gasteiger partial charge is 0.152 e. The first-order chi connectivity index (χ1) is 16.6. The van der Waals surface area contributed by atoms with E-state index in [-0.39, 0.29) is 5.25 Å². The van der Waals surface area contributed by atoms with Crippen molar-refractivity contribution in [2.75, 3.05) is 0 Å². The molecule has 0 saturated heterocycles. The zero-order valence-corrected chi connectivity index (χ0v) is 21.6. The number of aliphatic imine (C=N–C) groups is 1. The third-order valence-electron chi connectivity index (χ3n) is 5.19. The summed E-state index contributed by atoms with van der Waals surface area (Å²) in [7, 11) is 0. The van der Waals surface area contributed by atoms with Crippen molar-refractivity contribution in [3.05, 3.63) is 123 Å². The van der Waals surface area contributed by atoms with Crippen LogP contribution in [0.2, 0.25) is 15.1 Å². The summed E-state index contributed by atoms with van der Waals surface area (Å²) in [6.45, 7) is 0. The fourth-order valence-corrected chi connectivity index (χ4v) is 6.53. The molecule has 1 heterocycles. The molecule has 168 valence electrons. The van der Waals surface area contributed by atoms with Crippen molar-refractivity contribution in [3.8, 4) is 0 Å². The van der Waals surface area contributed by atoms with Gasteiger partial charge in [0.05, 0.1) is 31.2 Å². The maximum atomic E-state index is 6.26. The minimum absolute atomic E-state index is 0.110. The Morgan fingerprint density at radius 3 is 2.24 bits per heavy atom. The maximum Gasteiger partial charge on any atom is 0.152 e. The molecule has 0 fully saturated rings. The predicted molar refractivity (Wildman–Crippen MR) is 149 cm³/mol. The lowest BCUT2D eigenvalue weighted by molar-refractivity contribution is 1.14. The summed E-state index contributed by atoms with van der Waals surface area (Å²) >= 11 is 22.0. The molecule has 5 rings (SSSR count). The van der Waals surface area contributed by atoms with Gasteiger partial charge in [0.1, 0.15) is 0 Å². The molecule has 0 radical (unpaired) electrons. The van der Waals surface area contributed by atoms with Crippen LogP contribution in [0.1, 0.15) is 21.9 Å². The van der Waals surface area contributed by atoms with Gasteiger partial charge in [0, 0.05) is 16.8 Å². The van der Waals surface area contributed by atoms with Crippen molar-refractivity contribution in [3.63, 3.8) is 0 Å². The number of benzene rings is 4. The van der Waals surface area contributed by atoms with E-state index in [9.17, 15) is 0 Å². The van der Waals surface area contributed by atoms with Crippen molar-refractivity contribution in [2.24, 2.45) is 4.99 Å². The molecule has 0 bridgehead atoms. The molecular weight excluding hydrogens is 523 g/mol. The van der Waals surface area contributed by atoms with Crippen molar-refractivity contribution in [1.29, 1.82) is 0 Å². The molecule has 0 spiro atoms. The van der Waals surface area contributed by atoms with E-state index in [2.05, 4.69) is 41.4 Å². The molecule has 4 aromatic carbocycles. The van der Waals surface area contributed by atoms with Crippen LogP contribution in [-0.2, 0) is 0 Å². The Bertz CT molecular complexity index is 1440. The number of thioether (sulfide) groups is 1. The van der Waals surface area contributed by atoms with Crippen LogP contribution in [0.15, 0.2) is 100 Å². The molecule has 2 nitrogen and oxygen atoms in total. The van der Waals surface area contributed by atoms with Crippen LogP contribution < -0.4 is 0 Å². The van der Waals surface area contributed by atoms with Gasteiger partial charge in [-0.05, 0) is 53.6 Å². The lowest BCUT2D eigenvalue weighted by atomic mass is 10.0. The summed E-state index contributed by atoms with van der Waals surface area (Å²) in [4.78, 5) is 9.46. The van der Waals surface area contributed by atoms with E-state index in [4.69, 9.17) is 39.8 Å². The second-order valence-corrected chi connectivity index (χ2v) is 11.1. The van der Waals surface area contributed by atoms with Gasteiger partial charge in [0.15, 0.2) is 4.34 Å². The number of nitrogens with zero attached hydrogens (tertiary/aromatic N) is 2. The first-order valence-electron chi connectivity index (χ1n) is 10.4. The second kappa shape index (κ2) is 10.5. The SMILES string of the molecule is Clc1ccc([C@H](Sc2nc3ccc(N=Cc4c(Cl)cccc4Cl)cc3s2)c2ccccc2)cc1. The summed E-state index contributed by atoms with van der Waals surface area (Å²) in [5.41, 5.74) is 4.88. The minimum atomic E-state index is 0.110. The van der Waals surface area contributed by atoms with Gasteiger partial charge in [-0.2, -0.15) is 0 Å². The van der Waals surface area contributed by atoms with Crippen LogP contribution >= 0.6 is 57.9 Å². The van der Waals surface area contributed by atoms with Gasteiger partial charge in [-0.3, -0.25) is 4.99 Å². The Balaban J connectivity index is 1.44. The highest BCUT2D eigenvalue weighted by Gasteiger charge is 2.18. The Morgan fingerprint density at radius 1 is 0.794 bits per heavy atom. The van der Waals surface area contributed by atoms with Crippen molar-refractivity contribution >= 4 is 80.0 Å². The highest BCUT2D eigenvalue weighted by Crippen LogP contribution is 2.43. The maximum absolute atomic E-state index is 6.26. The summed E-state index contributed by atoms with van der Waals surface area (Å²) in [6, 6.07) is 29.9. The topological polar surface area (TPSA) is 25.2 Å². The standard InChI is InChI=1S/C27H17Cl3N2S2/c28-19-11-9-18(10-12-19)26(17-5-2-1-3-6-17)34-27-32-24-14-13-20(15-25(24)33-27)31-16-21-22(29)7-4-8-23(21)30/h1-16,26H/t26-/m1/s1. The van der Waals surface area contributed by atoms with E-state index in [0.717, 1.165) is 25.3 Å². The second-order valence-electron chi connectivity index (χ2n) is 7.49. The van der Waals surface area contributed by atoms with Crippen LogP contribution in [0, 0.1) is 0 Å². The van der Waals surface area contributed by atoms with E-state index in [1.54, 1.807) is 41.4 Å². The van der Waals surface area contributed by atoms with E-state index in [1.165, 1.54) is 11.1 Å². The van der Waals surface area contributed by atoms with Crippen molar-refractivity contribution < 1.29 is 0 Å². The van der Waals surface area contributed by atoms with Crippen LogP contribution in [0.3, 0.4) is 0 Å². The van der Waals surface area contributed by atoms with E-state index in [1.807, 2.05) is 42.5 Å². The van der Waals surface area contributed by atoms with Gasteiger partial charge in [-0.15, -0.1) is 11.3 Å². The lowest BCUT2D eigenvalue weighted by Gasteiger charge is -2.16. The summed E-state index contributed by atoms with van der Waals surface area (Å²) < 4.78 is 2.07. The van der Waals surface area contributed by atoms with Crippen LogP contribution in [0.4, 0.5) is 5.69 Å². The molecule has 0 saturated carbocycles. The number of aromatic nitrogens is 1. The number of halogens is 3. The van der Waals surface area contributed by atoms with Crippen LogP contribution in [0.5, 0.6) is 0 Å². The monoisotopic (exact) mass is 538 g/mol. The average molecular weight is 540 g/mol. The summed E-state index contributed by atoms with van der Waals surface area (Å²) in [6.07, 6.45) is 1.70. The molecule has 0 amide bonds. The number of fused-ring (bicyclic) bond motifs is 1. The Morgan fingerprint density at radius 2 is 1.50 bits per heavy atom. The first-order valence-corrected chi connectivity index (χ1v) is 13.3. The predicted octanol–water partition coefficient (Wildman–Crippen LogP) is 9.89. The molecule has 34 heavy (non-hydrogen) atoms. The van der Waals surface area contributed by atoms with E-state index >= 15 is 0 Å². The summed E-state index contributed by atoms with van der Waals surface area (Å²) in [5.74, 6) is 0. The third kappa shape index (κ3) is 5.32. The fraction of sp³-hybridized carbons (Fsp3) is 0.0370. The highest BCUT2D eigenvalue weighted by molar-refractivity contribution is 8.01. The zero-order valence-electron chi connectivity index (χ0n) is 17.7. The number of rotatable bonds is 6. The minimum Gasteiger partial charge on any atom is -0.256 e. The first kappa shape index (κ1) is 23.4. The highest BCUT2D eigenvalue weighted by atomic mass is 35.5. The van der Waals surface area contributed by atoms with Gasteiger partial charge in [-0.25, -0.2) is 4.98 Å². The fourth-order valence-electron chi connectivity index (χ4n) is 3.49. The van der Waals surface area contributed by atoms with E-state index < -0.39 is 0 Å². The molecular formula is C27H17Cl3N2S2. The quantitative estimate of drug-likeness (QED) is 0.158.